The number of para-hydroxylation sites is 1. The van der Waals surface area contributed by atoms with E-state index < -0.39 is 0 Å². The Morgan fingerprint density at radius 2 is 1.50 bits per heavy atom. The van der Waals surface area contributed by atoms with E-state index in [9.17, 15) is 0 Å². The second-order valence-corrected chi connectivity index (χ2v) is 4.94. The average molecular weight is 287 g/mol. The van der Waals surface area contributed by atoms with E-state index in [0.29, 0.717) is 0 Å². The summed E-state index contributed by atoms with van der Waals surface area (Å²) in [4.78, 5) is 0. The van der Waals surface area contributed by atoms with Crippen LogP contribution in [0.1, 0.15) is 0 Å². The summed E-state index contributed by atoms with van der Waals surface area (Å²) in [6, 6.07) is 20.0. The first-order chi connectivity index (χ1) is 10.9. The zero-order chi connectivity index (χ0) is 14.8. The summed E-state index contributed by atoms with van der Waals surface area (Å²) in [5.74, 6) is 0.758. The molecule has 0 aliphatic rings. The van der Waals surface area contributed by atoms with Crippen LogP contribution in [0.15, 0.2) is 83.8 Å². The van der Waals surface area contributed by atoms with Crippen molar-refractivity contribution >= 4 is 0 Å². The van der Waals surface area contributed by atoms with Crippen molar-refractivity contribution in [3.8, 4) is 28.1 Å². The molecule has 4 aromatic rings. The molecule has 0 N–H and O–H groups in total. The molecule has 4 rings (SSSR count). The van der Waals surface area contributed by atoms with Crippen LogP contribution in [0.4, 0.5) is 0 Å². The molecule has 2 heterocycles. The molecule has 4 nitrogen and oxygen atoms in total. The molecule has 0 spiro atoms. The van der Waals surface area contributed by atoms with Gasteiger partial charge in [0.25, 0.3) is 0 Å². The molecule has 0 fully saturated rings. The highest BCUT2D eigenvalue weighted by atomic mass is 16.5. The quantitative estimate of drug-likeness (QED) is 0.567. The Hall–Kier alpha value is -3.14. The van der Waals surface area contributed by atoms with Gasteiger partial charge in [0.15, 0.2) is 5.76 Å². The van der Waals surface area contributed by atoms with Gasteiger partial charge in [-0.25, -0.2) is 4.68 Å². The molecule has 0 bridgehead atoms. The van der Waals surface area contributed by atoms with Gasteiger partial charge in [-0.1, -0.05) is 53.7 Å². The molecular weight excluding hydrogens is 274 g/mol. The first-order valence-electron chi connectivity index (χ1n) is 7.02. The number of hydrogen-bond donors (Lipinski definition) is 0. The number of rotatable bonds is 3. The molecule has 22 heavy (non-hydrogen) atoms. The second-order valence-electron chi connectivity index (χ2n) is 4.94. The van der Waals surface area contributed by atoms with E-state index in [-0.39, 0.29) is 0 Å². The van der Waals surface area contributed by atoms with E-state index in [1.165, 1.54) is 0 Å². The van der Waals surface area contributed by atoms with Crippen molar-refractivity contribution in [1.82, 2.24) is 14.9 Å². The van der Waals surface area contributed by atoms with E-state index in [4.69, 9.17) is 4.52 Å². The Morgan fingerprint density at radius 3 is 2.27 bits per heavy atom. The molecule has 2 aromatic heterocycles. The van der Waals surface area contributed by atoms with Gasteiger partial charge >= 0.3 is 0 Å². The Labute approximate surface area is 127 Å². The van der Waals surface area contributed by atoms with Crippen molar-refractivity contribution in [2.24, 2.45) is 0 Å². The van der Waals surface area contributed by atoms with Gasteiger partial charge in [0.1, 0.15) is 0 Å². The number of benzene rings is 2. The zero-order valence-corrected chi connectivity index (χ0v) is 11.8. The van der Waals surface area contributed by atoms with Gasteiger partial charge in [0.2, 0.25) is 0 Å². The van der Waals surface area contributed by atoms with Gasteiger partial charge in [-0.15, -0.1) is 0 Å². The molecule has 0 aliphatic heterocycles. The van der Waals surface area contributed by atoms with E-state index in [0.717, 1.165) is 28.1 Å². The Morgan fingerprint density at radius 1 is 0.773 bits per heavy atom. The summed E-state index contributed by atoms with van der Waals surface area (Å²) >= 11 is 0. The van der Waals surface area contributed by atoms with Crippen LogP contribution in [0.3, 0.4) is 0 Å². The van der Waals surface area contributed by atoms with Crippen LogP contribution in [0.2, 0.25) is 0 Å². The predicted molar refractivity (Wildman–Crippen MR) is 84.5 cm³/mol. The lowest BCUT2D eigenvalue weighted by molar-refractivity contribution is 0.432. The average Bonchev–Trinajstić information content (AvgIpc) is 3.25. The standard InChI is InChI=1S/C18H13N3O/c1-3-7-14(8-4-1)18-17(12-20-22-18)15-11-19-21(13-15)16-9-5-2-6-10-16/h1-13H. The van der Waals surface area contributed by atoms with Gasteiger partial charge in [0, 0.05) is 17.3 Å². The normalized spacial score (nSPS) is 10.7. The zero-order valence-electron chi connectivity index (χ0n) is 11.8. The predicted octanol–water partition coefficient (Wildman–Crippen LogP) is 4.19. The summed E-state index contributed by atoms with van der Waals surface area (Å²) in [5.41, 5.74) is 3.94. The molecule has 0 amide bonds. The highest BCUT2D eigenvalue weighted by Crippen LogP contribution is 2.31. The monoisotopic (exact) mass is 287 g/mol. The summed E-state index contributed by atoms with van der Waals surface area (Å²) < 4.78 is 7.28. The Balaban J connectivity index is 1.76. The SMILES string of the molecule is c1ccc(-c2oncc2-c2cnn(-c3ccccc3)c2)cc1. The molecule has 0 saturated heterocycles. The van der Waals surface area contributed by atoms with E-state index >= 15 is 0 Å². The first kappa shape index (κ1) is 12.6. The first-order valence-corrected chi connectivity index (χ1v) is 7.02. The third-order valence-electron chi connectivity index (χ3n) is 3.52. The van der Waals surface area contributed by atoms with Gasteiger partial charge in [-0.2, -0.15) is 5.10 Å². The number of aromatic nitrogens is 3. The van der Waals surface area contributed by atoms with E-state index in [2.05, 4.69) is 10.3 Å². The highest BCUT2D eigenvalue weighted by molar-refractivity contribution is 5.78. The van der Waals surface area contributed by atoms with Gasteiger partial charge in [-0.3, -0.25) is 0 Å². The largest absolute Gasteiger partial charge is 0.356 e. The van der Waals surface area contributed by atoms with Crippen LogP contribution in [0.5, 0.6) is 0 Å². The number of nitrogens with zero attached hydrogens (tertiary/aromatic N) is 3. The molecule has 0 atom stereocenters. The Bertz CT molecular complexity index is 879. The lowest BCUT2D eigenvalue weighted by Crippen LogP contribution is -1.92. The van der Waals surface area contributed by atoms with Gasteiger partial charge in [-0.05, 0) is 12.1 Å². The maximum atomic E-state index is 5.43. The Kier molecular flexibility index (Phi) is 3.05. The van der Waals surface area contributed by atoms with Crippen LogP contribution < -0.4 is 0 Å². The molecular formula is C18H13N3O. The van der Waals surface area contributed by atoms with Crippen LogP contribution in [0.25, 0.3) is 28.1 Å². The highest BCUT2D eigenvalue weighted by Gasteiger charge is 2.14. The van der Waals surface area contributed by atoms with Crippen molar-refractivity contribution < 1.29 is 4.52 Å². The van der Waals surface area contributed by atoms with Crippen LogP contribution in [-0.2, 0) is 0 Å². The van der Waals surface area contributed by atoms with Crippen molar-refractivity contribution in [3.05, 3.63) is 79.3 Å². The van der Waals surface area contributed by atoms with Crippen molar-refractivity contribution in [1.29, 1.82) is 0 Å². The fourth-order valence-electron chi connectivity index (χ4n) is 2.43. The van der Waals surface area contributed by atoms with Gasteiger partial charge < -0.3 is 4.52 Å². The van der Waals surface area contributed by atoms with Crippen LogP contribution in [-0.4, -0.2) is 14.9 Å². The molecule has 0 aliphatic carbocycles. The van der Waals surface area contributed by atoms with Gasteiger partial charge in [0.05, 0.1) is 23.6 Å². The summed E-state index contributed by atoms with van der Waals surface area (Å²) in [7, 11) is 0. The second kappa shape index (κ2) is 5.33. The molecule has 0 saturated carbocycles. The topological polar surface area (TPSA) is 43.9 Å². The molecule has 4 heteroatoms. The minimum atomic E-state index is 0.758. The molecule has 0 radical (unpaired) electrons. The minimum Gasteiger partial charge on any atom is -0.356 e. The van der Waals surface area contributed by atoms with Crippen molar-refractivity contribution in [2.75, 3.05) is 0 Å². The fraction of sp³-hybridized carbons (Fsp3) is 0. The molecule has 0 unspecified atom stereocenters. The van der Waals surface area contributed by atoms with E-state index in [1.54, 1.807) is 6.20 Å². The number of hydrogen-bond acceptors (Lipinski definition) is 3. The summed E-state index contributed by atoms with van der Waals surface area (Å²) in [6.07, 6.45) is 5.54. The summed E-state index contributed by atoms with van der Waals surface area (Å²) in [5, 5.41) is 8.37. The lowest BCUT2D eigenvalue weighted by Gasteiger charge is -2.00. The third-order valence-corrected chi connectivity index (χ3v) is 3.52. The third kappa shape index (κ3) is 2.20. The smallest absolute Gasteiger partial charge is 0.174 e. The van der Waals surface area contributed by atoms with Crippen LogP contribution >= 0.6 is 0 Å². The lowest BCUT2D eigenvalue weighted by atomic mass is 10.1. The molecule has 2 aromatic carbocycles. The fourth-order valence-corrected chi connectivity index (χ4v) is 2.43. The van der Waals surface area contributed by atoms with Crippen LogP contribution in [0, 0.1) is 0 Å². The van der Waals surface area contributed by atoms with Crippen molar-refractivity contribution in [3.63, 3.8) is 0 Å². The maximum Gasteiger partial charge on any atom is 0.174 e. The van der Waals surface area contributed by atoms with E-state index in [1.807, 2.05) is 77.7 Å². The van der Waals surface area contributed by atoms with Crippen molar-refractivity contribution in [2.45, 2.75) is 0 Å². The maximum absolute atomic E-state index is 5.43. The molecule has 106 valence electrons. The summed E-state index contributed by atoms with van der Waals surface area (Å²) in [6.45, 7) is 0. The minimum absolute atomic E-state index is 0.758.